The molecule has 0 N–H and O–H groups in total. The average Bonchev–Trinajstić information content (AvgIpc) is 2.54. The molecule has 2 rings (SSSR count). The molecule has 0 saturated carbocycles. The summed E-state index contributed by atoms with van der Waals surface area (Å²) in [5, 5.41) is 1.28. The molecule has 2 aromatic rings. The summed E-state index contributed by atoms with van der Waals surface area (Å²) in [5.41, 5.74) is 0. The molecule has 3 heteroatoms. The van der Waals surface area contributed by atoms with Crippen LogP contribution in [0.25, 0.3) is 9.65 Å². The van der Waals surface area contributed by atoms with Crippen LogP contribution in [0, 0.1) is 6.92 Å². The van der Waals surface area contributed by atoms with E-state index < -0.39 is 0 Å². The van der Waals surface area contributed by atoms with Crippen molar-refractivity contribution in [1.29, 1.82) is 0 Å². The molecule has 0 aliphatic heterocycles. The van der Waals surface area contributed by atoms with Crippen LogP contribution < -0.4 is 9.47 Å². The van der Waals surface area contributed by atoms with Crippen molar-refractivity contribution in [2.75, 3.05) is 14.2 Å². The van der Waals surface area contributed by atoms with Crippen molar-refractivity contribution in [3.8, 4) is 11.5 Å². The second kappa shape index (κ2) is 3.68. The van der Waals surface area contributed by atoms with E-state index in [2.05, 4.69) is 19.1 Å². The number of benzene rings is 1. The summed E-state index contributed by atoms with van der Waals surface area (Å²) in [5.74, 6) is 1.64. The van der Waals surface area contributed by atoms with Gasteiger partial charge in [-0.15, -0.1) is 0 Å². The van der Waals surface area contributed by atoms with E-state index >= 15 is 0 Å². The van der Waals surface area contributed by atoms with Gasteiger partial charge in [0.15, 0.2) is 0 Å². The molecule has 0 bridgehead atoms. The predicted molar refractivity (Wildman–Crippen MR) is 58.7 cm³/mol. The summed E-state index contributed by atoms with van der Waals surface area (Å²) in [6.07, 6.45) is 0. The van der Waals surface area contributed by atoms with Crippen LogP contribution in [-0.2, 0) is 0 Å². The topological polar surface area (TPSA) is 18.5 Å². The summed E-state index contributed by atoms with van der Waals surface area (Å²) in [7, 11) is 3.34. The number of hydrogen-bond donors (Lipinski definition) is 0. The van der Waals surface area contributed by atoms with Gasteiger partial charge in [-0.25, -0.2) is 0 Å². The average molecular weight is 255 g/mol. The third-order valence-corrected chi connectivity index (χ3v) is 4.27. The maximum absolute atomic E-state index is 5.26. The Balaban J connectivity index is 2.68. The Morgan fingerprint density at radius 3 is 2.29 bits per heavy atom. The predicted octanol–water partition coefficient (Wildman–Crippen LogP) is 2.22. The molecule has 2 nitrogen and oxygen atoms in total. The van der Waals surface area contributed by atoms with Crippen LogP contribution in [0.2, 0.25) is 0 Å². The Morgan fingerprint density at radius 1 is 1.00 bits per heavy atom. The van der Waals surface area contributed by atoms with E-state index in [1.807, 2.05) is 6.07 Å². The molecule has 0 fully saturated rings. The fourth-order valence-corrected chi connectivity index (χ4v) is 3.46. The normalized spacial score (nSPS) is 10.5. The molecule has 0 radical (unpaired) electrons. The molecule has 74 valence electrons. The Hall–Kier alpha value is -0.921. The molecule has 0 spiro atoms. The summed E-state index contributed by atoms with van der Waals surface area (Å²) in [6, 6.07) is 6.35. The van der Waals surface area contributed by atoms with Gasteiger partial charge in [0.1, 0.15) is 0 Å². The zero-order valence-electron chi connectivity index (χ0n) is 8.46. The van der Waals surface area contributed by atoms with Crippen molar-refractivity contribution in [3.05, 3.63) is 22.6 Å². The van der Waals surface area contributed by atoms with Crippen LogP contribution in [0.15, 0.2) is 18.2 Å². The van der Waals surface area contributed by atoms with Crippen LogP contribution in [-0.4, -0.2) is 28.7 Å². The van der Waals surface area contributed by atoms with Crippen LogP contribution in [0.1, 0.15) is 4.44 Å². The Kier molecular flexibility index (Phi) is 2.53. The van der Waals surface area contributed by atoms with E-state index in [-0.39, 0.29) is 0 Å². The first-order valence-electron chi connectivity index (χ1n) is 4.37. The number of aryl methyl sites for hydroxylation is 1. The molecular weight excluding hydrogens is 243 g/mol. The van der Waals surface area contributed by atoms with E-state index in [9.17, 15) is 0 Å². The minimum absolute atomic E-state index is 0.467. The molecule has 14 heavy (non-hydrogen) atoms. The fourth-order valence-electron chi connectivity index (χ4n) is 1.50. The molecule has 1 aromatic carbocycles. The third-order valence-electron chi connectivity index (χ3n) is 2.15. The second-order valence-corrected chi connectivity index (χ2v) is 5.80. The van der Waals surface area contributed by atoms with Gasteiger partial charge in [-0.3, -0.25) is 0 Å². The summed E-state index contributed by atoms with van der Waals surface area (Å²) in [4.78, 5) is 0. The van der Waals surface area contributed by atoms with Gasteiger partial charge in [-0.05, 0) is 0 Å². The monoisotopic (exact) mass is 256 g/mol. The Bertz CT molecular complexity index is 419. The molecule has 0 unspecified atom stereocenters. The van der Waals surface area contributed by atoms with Gasteiger partial charge in [-0.1, -0.05) is 0 Å². The van der Waals surface area contributed by atoms with Crippen molar-refractivity contribution in [3.63, 3.8) is 0 Å². The van der Waals surface area contributed by atoms with Gasteiger partial charge in [0.05, 0.1) is 0 Å². The summed E-state index contributed by atoms with van der Waals surface area (Å²) < 4.78 is 13.3. The first kappa shape index (κ1) is 9.63. The van der Waals surface area contributed by atoms with Gasteiger partial charge < -0.3 is 0 Å². The van der Waals surface area contributed by atoms with Gasteiger partial charge in [0.2, 0.25) is 0 Å². The molecule has 0 aliphatic carbocycles. The first-order valence-corrected chi connectivity index (χ1v) is 6.08. The Morgan fingerprint density at radius 2 is 1.64 bits per heavy atom. The standard InChI is InChI=1S/C11H12O2Se/c1-7-4-8-5-9(12-2)10(13-3)6-11(8)14-7/h4-6H,1-3H3. The van der Waals surface area contributed by atoms with E-state index in [1.54, 1.807) is 14.2 Å². The van der Waals surface area contributed by atoms with Crippen molar-refractivity contribution in [1.82, 2.24) is 0 Å². The van der Waals surface area contributed by atoms with Gasteiger partial charge in [0, 0.05) is 0 Å². The number of ether oxygens (including phenoxy) is 2. The second-order valence-electron chi connectivity index (χ2n) is 3.10. The van der Waals surface area contributed by atoms with Gasteiger partial charge in [-0.2, -0.15) is 0 Å². The van der Waals surface area contributed by atoms with E-state index in [0.29, 0.717) is 14.5 Å². The minimum atomic E-state index is 0.467. The maximum atomic E-state index is 5.26. The van der Waals surface area contributed by atoms with Crippen LogP contribution in [0.3, 0.4) is 0 Å². The molecule has 0 atom stereocenters. The molecule has 1 aromatic heterocycles. The summed E-state index contributed by atoms with van der Waals surface area (Å²) in [6.45, 7) is 2.17. The summed E-state index contributed by atoms with van der Waals surface area (Å²) >= 11 is 0.467. The number of hydrogen-bond acceptors (Lipinski definition) is 2. The fraction of sp³-hybridized carbons (Fsp3) is 0.273. The molecule has 1 heterocycles. The molecular formula is C11H12O2Se. The molecule has 0 amide bonds. The van der Waals surface area contributed by atoms with Crippen molar-refractivity contribution >= 4 is 24.1 Å². The number of fused-ring (bicyclic) bond motifs is 1. The zero-order chi connectivity index (χ0) is 10.1. The van der Waals surface area contributed by atoms with Crippen molar-refractivity contribution in [2.45, 2.75) is 6.92 Å². The van der Waals surface area contributed by atoms with E-state index in [0.717, 1.165) is 11.5 Å². The molecule has 0 saturated heterocycles. The number of rotatable bonds is 2. The van der Waals surface area contributed by atoms with E-state index in [4.69, 9.17) is 9.47 Å². The van der Waals surface area contributed by atoms with Crippen molar-refractivity contribution in [2.24, 2.45) is 0 Å². The first-order chi connectivity index (χ1) is 6.74. The van der Waals surface area contributed by atoms with E-state index in [1.165, 1.54) is 14.1 Å². The quantitative estimate of drug-likeness (QED) is 0.766. The SMILES string of the molecule is COc1cc2cc(C)[se]c2cc1OC. The van der Waals surface area contributed by atoms with Gasteiger partial charge in [0.25, 0.3) is 0 Å². The van der Waals surface area contributed by atoms with Crippen LogP contribution in [0.5, 0.6) is 11.5 Å². The zero-order valence-corrected chi connectivity index (χ0v) is 10.2. The van der Waals surface area contributed by atoms with Crippen LogP contribution in [0.4, 0.5) is 0 Å². The Labute approximate surface area is 89.2 Å². The van der Waals surface area contributed by atoms with Crippen LogP contribution >= 0.6 is 0 Å². The molecule has 0 aliphatic rings. The third kappa shape index (κ3) is 1.54. The van der Waals surface area contributed by atoms with Crippen molar-refractivity contribution < 1.29 is 9.47 Å². The number of methoxy groups -OCH3 is 2. The van der Waals surface area contributed by atoms with Gasteiger partial charge >= 0.3 is 88.9 Å².